The molecule has 0 saturated carbocycles. The summed E-state index contributed by atoms with van der Waals surface area (Å²) in [5.41, 5.74) is 5.64. The fourth-order valence-electron chi connectivity index (χ4n) is 1.32. The van der Waals surface area contributed by atoms with Gasteiger partial charge in [0.2, 0.25) is 0 Å². The van der Waals surface area contributed by atoms with E-state index in [1.165, 1.54) is 8.61 Å². The van der Waals surface area contributed by atoms with Gasteiger partial charge < -0.3 is 5.73 Å². The molecule has 0 aromatic heterocycles. The summed E-state index contributed by atoms with van der Waals surface area (Å²) in [7, 11) is -1.65. The first-order chi connectivity index (χ1) is 5.98. The van der Waals surface area contributed by atoms with Gasteiger partial charge in [-0.1, -0.05) is 6.92 Å². The normalized spacial score (nSPS) is 25.7. The topological polar surface area (TPSA) is 66.6 Å². The third-order valence-corrected chi connectivity index (χ3v) is 4.38. The standard InChI is InChI=1S/C7H17N3O2S/c1-3-9(2)13(11,12)10-5-4-7(8)6-10/h7H,3-6,8H2,1-2H3. The van der Waals surface area contributed by atoms with Crippen molar-refractivity contribution in [3.63, 3.8) is 0 Å². The highest BCUT2D eigenvalue weighted by Crippen LogP contribution is 2.14. The largest absolute Gasteiger partial charge is 0.326 e. The van der Waals surface area contributed by atoms with Crippen LogP contribution in [-0.4, -0.2) is 49.8 Å². The molecular weight excluding hydrogens is 190 g/mol. The van der Waals surface area contributed by atoms with E-state index in [1.54, 1.807) is 7.05 Å². The van der Waals surface area contributed by atoms with Crippen LogP contribution in [0.15, 0.2) is 0 Å². The lowest BCUT2D eigenvalue weighted by molar-refractivity contribution is 0.401. The summed E-state index contributed by atoms with van der Waals surface area (Å²) in [5.74, 6) is 0. The van der Waals surface area contributed by atoms with Crippen molar-refractivity contribution in [2.45, 2.75) is 19.4 Å². The SMILES string of the molecule is CCN(C)S(=O)(=O)N1CCC(N)C1. The van der Waals surface area contributed by atoms with Crippen molar-refractivity contribution >= 4 is 10.2 Å². The van der Waals surface area contributed by atoms with Crippen molar-refractivity contribution in [3.05, 3.63) is 0 Å². The molecule has 0 bridgehead atoms. The average molecular weight is 207 g/mol. The molecule has 13 heavy (non-hydrogen) atoms. The second-order valence-corrected chi connectivity index (χ2v) is 5.36. The minimum atomic E-state index is -3.24. The highest BCUT2D eigenvalue weighted by atomic mass is 32.2. The van der Waals surface area contributed by atoms with E-state index in [0.29, 0.717) is 19.6 Å². The number of hydrogen-bond donors (Lipinski definition) is 1. The Morgan fingerprint density at radius 3 is 2.62 bits per heavy atom. The summed E-state index contributed by atoms with van der Waals surface area (Å²) in [6.07, 6.45) is 0.761. The third kappa shape index (κ3) is 2.19. The van der Waals surface area contributed by atoms with Gasteiger partial charge in [-0.25, -0.2) is 0 Å². The van der Waals surface area contributed by atoms with Crippen LogP contribution in [0.1, 0.15) is 13.3 Å². The molecule has 1 rings (SSSR count). The maximum absolute atomic E-state index is 11.7. The van der Waals surface area contributed by atoms with Crippen molar-refractivity contribution in [1.82, 2.24) is 8.61 Å². The minimum Gasteiger partial charge on any atom is -0.326 e. The van der Waals surface area contributed by atoms with Gasteiger partial charge in [-0.3, -0.25) is 0 Å². The van der Waals surface area contributed by atoms with Gasteiger partial charge in [0.05, 0.1) is 0 Å². The Morgan fingerprint density at radius 1 is 1.62 bits per heavy atom. The van der Waals surface area contributed by atoms with Crippen molar-refractivity contribution in [2.24, 2.45) is 5.73 Å². The Labute approximate surface area is 79.7 Å². The monoisotopic (exact) mass is 207 g/mol. The van der Waals surface area contributed by atoms with Gasteiger partial charge in [0, 0.05) is 32.7 Å². The lowest BCUT2D eigenvalue weighted by atomic mass is 10.3. The molecule has 0 aromatic carbocycles. The predicted molar refractivity (Wildman–Crippen MR) is 51.4 cm³/mol. The van der Waals surface area contributed by atoms with Crippen molar-refractivity contribution < 1.29 is 8.42 Å². The first-order valence-corrected chi connectivity index (χ1v) is 5.85. The van der Waals surface area contributed by atoms with E-state index in [0.717, 1.165) is 6.42 Å². The van der Waals surface area contributed by atoms with Gasteiger partial charge >= 0.3 is 0 Å². The quantitative estimate of drug-likeness (QED) is 0.660. The molecule has 0 amide bonds. The fraction of sp³-hybridized carbons (Fsp3) is 1.00. The summed E-state index contributed by atoms with van der Waals surface area (Å²) < 4.78 is 26.2. The second kappa shape index (κ2) is 3.91. The first-order valence-electron chi connectivity index (χ1n) is 4.45. The molecule has 1 fully saturated rings. The highest BCUT2D eigenvalue weighted by Gasteiger charge is 2.31. The molecule has 1 aliphatic heterocycles. The number of nitrogens with two attached hydrogens (primary N) is 1. The minimum absolute atomic E-state index is 0.0000288. The van der Waals surface area contributed by atoms with Gasteiger partial charge in [0.1, 0.15) is 0 Å². The third-order valence-electron chi connectivity index (χ3n) is 2.35. The number of hydrogen-bond acceptors (Lipinski definition) is 3. The van der Waals surface area contributed by atoms with Crippen LogP contribution in [0.3, 0.4) is 0 Å². The zero-order valence-corrected chi connectivity index (χ0v) is 8.92. The van der Waals surface area contributed by atoms with Crippen molar-refractivity contribution in [1.29, 1.82) is 0 Å². The van der Waals surface area contributed by atoms with E-state index in [-0.39, 0.29) is 6.04 Å². The molecular formula is C7H17N3O2S. The molecule has 1 saturated heterocycles. The van der Waals surface area contributed by atoms with Crippen LogP contribution in [0, 0.1) is 0 Å². The summed E-state index contributed by atoms with van der Waals surface area (Å²) in [6, 6.07) is 0.0000288. The molecule has 0 aromatic rings. The number of rotatable bonds is 3. The van der Waals surface area contributed by atoms with Crippen molar-refractivity contribution in [3.8, 4) is 0 Å². The summed E-state index contributed by atoms with van der Waals surface area (Å²) in [6.45, 7) is 3.31. The van der Waals surface area contributed by atoms with E-state index >= 15 is 0 Å². The van der Waals surface area contributed by atoms with Crippen LogP contribution >= 0.6 is 0 Å². The molecule has 0 radical (unpaired) electrons. The predicted octanol–water partition coefficient (Wildman–Crippen LogP) is -0.784. The van der Waals surface area contributed by atoms with Gasteiger partial charge in [0.25, 0.3) is 10.2 Å². The summed E-state index contributed by atoms with van der Waals surface area (Å²) in [5, 5.41) is 0. The Kier molecular flexibility index (Phi) is 3.28. The van der Waals surface area contributed by atoms with Crippen LogP contribution in [0.2, 0.25) is 0 Å². The molecule has 1 atom stereocenters. The zero-order chi connectivity index (χ0) is 10.1. The summed E-state index contributed by atoms with van der Waals surface area (Å²) in [4.78, 5) is 0. The first kappa shape index (κ1) is 10.9. The highest BCUT2D eigenvalue weighted by molar-refractivity contribution is 7.86. The van der Waals surface area contributed by atoms with Gasteiger partial charge in [-0.2, -0.15) is 17.0 Å². The second-order valence-electron chi connectivity index (χ2n) is 3.33. The molecule has 0 spiro atoms. The molecule has 1 aliphatic rings. The smallest absolute Gasteiger partial charge is 0.281 e. The van der Waals surface area contributed by atoms with Crippen LogP contribution in [0.5, 0.6) is 0 Å². The average Bonchev–Trinajstić information content (AvgIpc) is 2.50. The van der Waals surface area contributed by atoms with Crippen LogP contribution in [0.4, 0.5) is 0 Å². The Morgan fingerprint density at radius 2 is 2.23 bits per heavy atom. The summed E-state index contributed by atoms with van der Waals surface area (Å²) >= 11 is 0. The zero-order valence-electron chi connectivity index (χ0n) is 8.10. The molecule has 5 nitrogen and oxygen atoms in total. The fourth-order valence-corrected chi connectivity index (χ4v) is 2.76. The molecule has 1 unspecified atom stereocenters. The maximum atomic E-state index is 11.7. The van der Waals surface area contributed by atoms with E-state index in [9.17, 15) is 8.42 Å². The van der Waals surface area contributed by atoms with E-state index < -0.39 is 10.2 Å². The van der Waals surface area contributed by atoms with Crippen LogP contribution in [0.25, 0.3) is 0 Å². The molecule has 6 heteroatoms. The van der Waals surface area contributed by atoms with Gasteiger partial charge in [-0.05, 0) is 6.42 Å². The lowest BCUT2D eigenvalue weighted by Crippen LogP contribution is -2.41. The molecule has 2 N–H and O–H groups in total. The van der Waals surface area contributed by atoms with E-state index in [4.69, 9.17) is 5.73 Å². The molecule has 1 heterocycles. The number of nitrogens with zero attached hydrogens (tertiary/aromatic N) is 2. The van der Waals surface area contributed by atoms with Crippen LogP contribution in [-0.2, 0) is 10.2 Å². The Balaban J connectivity index is 2.71. The Bertz CT molecular complexity index is 265. The van der Waals surface area contributed by atoms with Gasteiger partial charge in [0.15, 0.2) is 0 Å². The van der Waals surface area contributed by atoms with Crippen molar-refractivity contribution in [2.75, 3.05) is 26.7 Å². The lowest BCUT2D eigenvalue weighted by Gasteiger charge is -2.22. The molecule has 78 valence electrons. The Hall–Kier alpha value is -0.170. The van der Waals surface area contributed by atoms with Gasteiger partial charge in [-0.15, -0.1) is 0 Å². The van der Waals surface area contributed by atoms with E-state index in [1.807, 2.05) is 6.92 Å². The van der Waals surface area contributed by atoms with E-state index in [2.05, 4.69) is 0 Å². The molecule has 0 aliphatic carbocycles. The van der Waals surface area contributed by atoms with Crippen LogP contribution < -0.4 is 5.73 Å². The maximum Gasteiger partial charge on any atom is 0.281 e.